The molecule has 1 N–H and O–H groups in total. The molecular formula is C14H18N2O3S. The normalized spacial score (nSPS) is 32.0. The highest BCUT2D eigenvalue weighted by molar-refractivity contribution is 7.10. The molecule has 1 spiro atoms. The Hall–Kier alpha value is -0.950. The van der Waals surface area contributed by atoms with Crippen molar-refractivity contribution in [3.8, 4) is 0 Å². The zero-order valence-corrected chi connectivity index (χ0v) is 12.0. The highest BCUT2D eigenvalue weighted by Gasteiger charge is 2.59. The number of carbonyl (C=O) groups excluding carboxylic acids is 1. The van der Waals surface area contributed by atoms with E-state index in [2.05, 4.69) is 16.8 Å². The molecule has 3 fully saturated rings. The Kier molecular flexibility index (Phi) is 3.07. The van der Waals surface area contributed by atoms with Gasteiger partial charge in [-0.3, -0.25) is 10.1 Å². The number of nitrogens with zero attached hydrogens (tertiary/aromatic N) is 1. The van der Waals surface area contributed by atoms with Crippen LogP contribution in [-0.4, -0.2) is 48.8 Å². The molecule has 2 saturated heterocycles. The Bertz CT molecular complexity index is 495. The molecule has 1 aliphatic carbocycles. The molecule has 4 rings (SSSR count). The number of rotatable bonds is 3. The van der Waals surface area contributed by atoms with Gasteiger partial charge in [0, 0.05) is 4.88 Å². The van der Waals surface area contributed by atoms with Crippen LogP contribution in [0.5, 0.6) is 0 Å². The predicted molar refractivity (Wildman–Crippen MR) is 74.4 cm³/mol. The number of amides is 1. The van der Waals surface area contributed by atoms with E-state index in [-0.39, 0.29) is 23.7 Å². The highest BCUT2D eigenvalue weighted by atomic mass is 32.1. The van der Waals surface area contributed by atoms with Gasteiger partial charge in [0.05, 0.1) is 32.5 Å². The molecule has 3 heterocycles. The van der Waals surface area contributed by atoms with Crippen molar-refractivity contribution < 1.29 is 14.3 Å². The second kappa shape index (κ2) is 4.80. The standard InChI is InChI=1S/C14H18N2O3S/c17-13-14(3-4-14)15-12(11-2-1-7-20-11)16(13)8-10-9-18-5-6-19-10/h1-2,7,10,12,15H,3-6,8-9H2. The van der Waals surface area contributed by atoms with Crippen molar-refractivity contribution in [3.05, 3.63) is 22.4 Å². The Morgan fingerprint density at radius 3 is 3.00 bits per heavy atom. The van der Waals surface area contributed by atoms with E-state index < -0.39 is 0 Å². The number of thiophene rings is 1. The van der Waals surface area contributed by atoms with Gasteiger partial charge in [-0.2, -0.15) is 0 Å². The van der Waals surface area contributed by atoms with Crippen LogP contribution in [0.25, 0.3) is 0 Å². The van der Waals surface area contributed by atoms with Gasteiger partial charge in [-0.25, -0.2) is 0 Å². The minimum Gasteiger partial charge on any atom is -0.376 e. The van der Waals surface area contributed by atoms with Gasteiger partial charge >= 0.3 is 0 Å². The first kappa shape index (κ1) is 12.8. The predicted octanol–water partition coefficient (Wildman–Crippen LogP) is 1.13. The molecule has 3 aliphatic rings. The van der Waals surface area contributed by atoms with E-state index in [0.29, 0.717) is 26.4 Å². The lowest BCUT2D eigenvalue weighted by atomic mass is 10.2. The molecule has 1 aromatic heterocycles. The zero-order chi connectivity index (χ0) is 13.6. The number of hydrogen-bond acceptors (Lipinski definition) is 5. The molecule has 20 heavy (non-hydrogen) atoms. The number of carbonyl (C=O) groups is 1. The van der Waals surface area contributed by atoms with Crippen LogP contribution in [0.3, 0.4) is 0 Å². The largest absolute Gasteiger partial charge is 0.376 e. The van der Waals surface area contributed by atoms with E-state index in [1.807, 2.05) is 11.0 Å². The van der Waals surface area contributed by atoms with Crippen LogP contribution < -0.4 is 5.32 Å². The number of ether oxygens (including phenoxy) is 2. The molecule has 2 atom stereocenters. The van der Waals surface area contributed by atoms with Crippen molar-refractivity contribution in [3.63, 3.8) is 0 Å². The molecule has 6 heteroatoms. The highest BCUT2D eigenvalue weighted by Crippen LogP contribution is 2.46. The van der Waals surface area contributed by atoms with Crippen LogP contribution in [0.1, 0.15) is 23.9 Å². The molecule has 0 radical (unpaired) electrons. The monoisotopic (exact) mass is 294 g/mol. The van der Waals surface area contributed by atoms with E-state index >= 15 is 0 Å². The van der Waals surface area contributed by atoms with E-state index in [1.54, 1.807) is 11.3 Å². The van der Waals surface area contributed by atoms with E-state index in [4.69, 9.17) is 9.47 Å². The minimum absolute atomic E-state index is 0.00414. The van der Waals surface area contributed by atoms with Gasteiger partial charge in [0.25, 0.3) is 0 Å². The smallest absolute Gasteiger partial charge is 0.244 e. The molecule has 2 aliphatic heterocycles. The van der Waals surface area contributed by atoms with Gasteiger partial charge in [-0.05, 0) is 24.3 Å². The lowest BCUT2D eigenvalue weighted by molar-refractivity contribution is -0.137. The summed E-state index contributed by atoms with van der Waals surface area (Å²) in [7, 11) is 0. The molecule has 1 amide bonds. The van der Waals surface area contributed by atoms with Gasteiger partial charge in [0.2, 0.25) is 5.91 Å². The van der Waals surface area contributed by atoms with Crippen molar-refractivity contribution in [2.75, 3.05) is 26.4 Å². The van der Waals surface area contributed by atoms with Crippen LogP contribution in [0, 0.1) is 0 Å². The summed E-state index contributed by atoms with van der Waals surface area (Å²) in [5.41, 5.74) is -0.288. The lowest BCUT2D eigenvalue weighted by Gasteiger charge is -2.30. The quantitative estimate of drug-likeness (QED) is 0.908. The summed E-state index contributed by atoms with van der Waals surface area (Å²) < 4.78 is 11.1. The Balaban J connectivity index is 1.55. The van der Waals surface area contributed by atoms with Crippen molar-refractivity contribution in [2.24, 2.45) is 0 Å². The maximum absolute atomic E-state index is 12.6. The van der Waals surface area contributed by atoms with E-state index in [9.17, 15) is 4.79 Å². The Labute approximate surface area is 121 Å². The molecule has 1 aromatic rings. The summed E-state index contributed by atoms with van der Waals surface area (Å²) in [6.45, 7) is 2.46. The molecular weight excluding hydrogens is 276 g/mol. The molecule has 108 valence electrons. The fourth-order valence-electron chi connectivity index (χ4n) is 3.00. The summed E-state index contributed by atoms with van der Waals surface area (Å²) in [4.78, 5) is 15.8. The van der Waals surface area contributed by atoms with Crippen LogP contribution in [-0.2, 0) is 14.3 Å². The first-order valence-corrected chi connectivity index (χ1v) is 7.98. The van der Waals surface area contributed by atoms with Gasteiger partial charge in [-0.1, -0.05) is 6.07 Å². The maximum Gasteiger partial charge on any atom is 0.244 e. The zero-order valence-electron chi connectivity index (χ0n) is 11.2. The first-order chi connectivity index (χ1) is 9.78. The van der Waals surface area contributed by atoms with Gasteiger partial charge in [-0.15, -0.1) is 11.3 Å². The van der Waals surface area contributed by atoms with Crippen molar-refractivity contribution in [1.82, 2.24) is 10.2 Å². The van der Waals surface area contributed by atoms with Crippen LogP contribution in [0.15, 0.2) is 17.5 Å². The summed E-state index contributed by atoms with van der Waals surface area (Å²) in [6, 6.07) is 4.12. The summed E-state index contributed by atoms with van der Waals surface area (Å²) in [5.74, 6) is 0.227. The average Bonchev–Trinajstić information content (AvgIpc) is 2.96. The molecule has 0 aromatic carbocycles. The summed E-state index contributed by atoms with van der Waals surface area (Å²) >= 11 is 1.69. The fourth-order valence-corrected chi connectivity index (χ4v) is 3.78. The van der Waals surface area contributed by atoms with E-state index in [0.717, 1.165) is 12.8 Å². The molecule has 1 saturated carbocycles. The summed E-state index contributed by atoms with van der Waals surface area (Å²) in [6.07, 6.45) is 1.89. The third kappa shape index (κ3) is 2.07. The Morgan fingerprint density at radius 1 is 1.45 bits per heavy atom. The number of nitrogens with one attached hydrogen (secondary N) is 1. The van der Waals surface area contributed by atoms with E-state index in [1.165, 1.54) is 4.88 Å². The average molecular weight is 294 g/mol. The molecule has 2 unspecified atom stereocenters. The van der Waals surface area contributed by atoms with Gasteiger partial charge in [0.1, 0.15) is 11.7 Å². The lowest BCUT2D eigenvalue weighted by Crippen LogP contribution is -2.42. The molecule has 5 nitrogen and oxygen atoms in total. The van der Waals surface area contributed by atoms with Crippen molar-refractivity contribution >= 4 is 17.2 Å². The van der Waals surface area contributed by atoms with Crippen molar-refractivity contribution in [2.45, 2.75) is 30.7 Å². The van der Waals surface area contributed by atoms with Crippen LogP contribution in [0.4, 0.5) is 0 Å². The Morgan fingerprint density at radius 2 is 2.35 bits per heavy atom. The third-order valence-electron chi connectivity index (χ3n) is 4.24. The van der Waals surface area contributed by atoms with Gasteiger partial charge < -0.3 is 14.4 Å². The first-order valence-electron chi connectivity index (χ1n) is 7.10. The third-order valence-corrected chi connectivity index (χ3v) is 5.17. The summed E-state index contributed by atoms with van der Waals surface area (Å²) in [5, 5.41) is 5.58. The molecule has 0 bridgehead atoms. The topological polar surface area (TPSA) is 50.8 Å². The van der Waals surface area contributed by atoms with Gasteiger partial charge in [0.15, 0.2) is 0 Å². The van der Waals surface area contributed by atoms with Crippen LogP contribution in [0.2, 0.25) is 0 Å². The minimum atomic E-state index is -0.288. The number of hydrogen-bond donors (Lipinski definition) is 1. The maximum atomic E-state index is 12.6. The SMILES string of the molecule is O=C1N(CC2COCCO2)C(c2cccs2)NC12CC2. The van der Waals surface area contributed by atoms with Crippen molar-refractivity contribution in [1.29, 1.82) is 0 Å². The second-order valence-corrected chi connectivity index (χ2v) is 6.65. The fraction of sp³-hybridized carbons (Fsp3) is 0.643. The van der Waals surface area contributed by atoms with Crippen LogP contribution >= 0.6 is 11.3 Å². The second-order valence-electron chi connectivity index (χ2n) is 5.67.